The fraction of sp³-hybridized carbons (Fsp3) is 0.353. The van der Waals surface area contributed by atoms with Gasteiger partial charge in [0.15, 0.2) is 0 Å². The van der Waals surface area contributed by atoms with Crippen LogP contribution in [0.5, 0.6) is 0 Å². The highest BCUT2D eigenvalue weighted by Gasteiger charge is 2.19. The Bertz CT molecular complexity index is 700. The minimum atomic E-state index is 0.701. The van der Waals surface area contributed by atoms with Crippen molar-refractivity contribution >= 4 is 17.5 Å². The molecule has 1 aromatic heterocycles. The molecule has 1 fully saturated rings. The van der Waals surface area contributed by atoms with Crippen LogP contribution in [0.3, 0.4) is 0 Å². The van der Waals surface area contributed by atoms with E-state index in [1.165, 1.54) is 0 Å². The van der Waals surface area contributed by atoms with Gasteiger partial charge in [-0.2, -0.15) is 10.2 Å². The Kier molecular flexibility index (Phi) is 4.57. The first-order valence-corrected chi connectivity index (χ1v) is 7.87. The molecule has 3 rings (SSSR count). The largest absolute Gasteiger partial charge is 0.370 e. The van der Waals surface area contributed by atoms with Gasteiger partial charge in [0.05, 0.1) is 11.6 Å². The predicted octanol–water partition coefficient (Wildman–Crippen LogP) is 2.11. The lowest BCUT2D eigenvalue weighted by Gasteiger charge is -2.36. The lowest BCUT2D eigenvalue weighted by atomic mass is 10.2. The Balaban J connectivity index is 1.66. The first-order valence-electron chi connectivity index (χ1n) is 7.87. The molecule has 0 bridgehead atoms. The Hall–Kier alpha value is -2.81. The maximum atomic E-state index is 9.02. The van der Waals surface area contributed by atoms with Crippen molar-refractivity contribution in [2.45, 2.75) is 6.92 Å². The van der Waals surface area contributed by atoms with E-state index in [2.05, 4.69) is 44.1 Å². The zero-order valence-electron chi connectivity index (χ0n) is 13.2. The second-order valence-corrected chi connectivity index (χ2v) is 5.41. The second-order valence-electron chi connectivity index (χ2n) is 5.41. The molecule has 1 aliphatic heterocycles. The van der Waals surface area contributed by atoms with Crippen LogP contribution in [0, 0.1) is 11.3 Å². The molecule has 0 aliphatic carbocycles. The summed E-state index contributed by atoms with van der Waals surface area (Å²) in [6.45, 7) is 6.42. The maximum Gasteiger partial charge on any atom is 0.227 e. The summed E-state index contributed by atoms with van der Waals surface area (Å²) in [6, 6.07) is 11.8. The molecule has 0 atom stereocenters. The van der Waals surface area contributed by atoms with E-state index in [9.17, 15) is 0 Å². The van der Waals surface area contributed by atoms with Crippen LogP contribution in [0.25, 0.3) is 0 Å². The number of piperazine rings is 1. The van der Waals surface area contributed by atoms with Crippen molar-refractivity contribution in [1.29, 1.82) is 5.26 Å². The number of nitriles is 1. The molecule has 118 valence electrons. The number of hydrogen-bond donors (Lipinski definition) is 1. The number of hydrogen-bond acceptors (Lipinski definition) is 6. The topological polar surface area (TPSA) is 68.1 Å². The van der Waals surface area contributed by atoms with Crippen molar-refractivity contribution in [2.24, 2.45) is 0 Å². The van der Waals surface area contributed by atoms with E-state index in [0.717, 1.165) is 50.2 Å². The van der Waals surface area contributed by atoms with Crippen molar-refractivity contribution in [3.8, 4) is 6.07 Å². The van der Waals surface area contributed by atoms with E-state index in [-0.39, 0.29) is 0 Å². The third-order valence-corrected chi connectivity index (χ3v) is 3.90. The molecule has 0 radical (unpaired) electrons. The van der Waals surface area contributed by atoms with E-state index < -0.39 is 0 Å². The summed E-state index contributed by atoms with van der Waals surface area (Å²) in [4.78, 5) is 13.4. The van der Waals surface area contributed by atoms with Crippen molar-refractivity contribution in [3.05, 3.63) is 42.1 Å². The minimum absolute atomic E-state index is 0.701. The summed E-state index contributed by atoms with van der Waals surface area (Å²) < 4.78 is 0. The molecule has 1 N–H and O–H groups in total. The third kappa shape index (κ3) is 3.51. The van der Waals surface area contributed by atoms with E-state index in [0.29, 0.717) is 5.56 Å². The SMILES string of the molecule is CCNc1ccnc(N2CCN(c3cccc(C#N)c3)CC2)n1. The minimum Gasteiger partial charge on any atom is -0.370 e. The Morgan fingerprint density at radius 2 is 1.96 bits per heavy atom. The number of nitrogens with zero attached hydrogens (tertiary/aromatic N) is 5. The molecular weight excluding hydrogens is 288 g/mol. The van der Waals surface area contributed by atoms with Crippen molar-refractivity contribution in [3.63, 3.8) is 0 Å². The normalized spacial score (nSPS) is 14.4. The van der Waals surface area contributed by atoms with Crippen LogP contribution in [0.15, 0.2) is 36.5 Å². The van der Waals surface area contributed by atoms with Crippen LogP contribution < -0.4 is 15.1 Å². The summed E-state index contributed by atoms with van der Waals surface area (Å²) in [5.41, 5.74) is 1.80. The number of aromatic nitrogens is 2. The van der Waals surface area contributed by atoms with Gasteiger partial charge in [-0.3, -0.25) is 0 Å². The van der Waals surface area contributed by atoms with Crippen LogP contribution >= 0.6 is 0 Å². The summed E-state index contributed by atoms with van der Waals surface area (Å²) in [6.07, 6.45) is 1.79. The monoisotopic (exact) mass is 308 g/mol. The van der Waals surface area contributed by atoms with E-state index in [4.69, 9.17) is 5.26 Å². The molecular formula is C17H20N6. The highest BCUT2D eigenvalue weighted by Crippen LogP contribution is 2.20. The van der Waals surface area contributed by atoms with Crippen molar-refractivity contribution in [2.75, 3.05) is 47.8 Å². The lowest BCUT2D eigenvalue weighted by molar-refractivity contribution is 0.640. The molecule has 6 nitrogen and oxygen atoms in total. The van der Waals surface area contributed by atoms with Gasteiger partial charge in [-0.15, -0.1) is 0 Å². The zero-order valence-corrected chi connectivity index (χ0v) is 13.2. The van der Waals surface area contributed by atoms with Gasteiger partial charge in [-0.25, -0.2) is 4.98 Å². The van der Waals surface area contributed by atoms with Gasteiger partial charge in [0.2, 0.25) is 5.95 Å². The van der Waals surface area contributed by atoms with Gasteiger partial charge in [-0.05, 0) is 31.2 Å². The average molecular weight is 308 g/mol. The van der Waals surface area contributed by atoms with Crippen LogP contribution in [0.2, 0.25) is 0 Å². The van der Waals surface area contributed by atoms with Crippen LogP contribution in [-0.4, -0.2) is 42.7 Å². The van der Waals surface area contributed by atoms with Crippen LogP contribution in [-0.2, 0) is 0 Å². The number of rotatable bonds is 4. The predicted molar refractivity (Wildman–Crippen MR) is 91.8 cm³/mol. The van der Waals surface area contributed by atoms with Gasteiger partial charge in [0, 0.05) is 44.6 Å². The van der Waals surface area contributed by atoms with Gasteiger partial charge in [0.25, 0.3) is 0 Å². The average Bonchev–Trinajstić information content (AvgIpc) is 2.62. The van der Waals surface area contributed by atoms with Gasteiger partial charge < -0.3 is 15.1 Å². The summed E-state index contributed by atoms with van der Waals surface area (Å²) in [7, 11) is 0. The van der Waals surface area contributed by atoms with Crippen molar-refractivity contribution < 1.29 is 0 Å². The Labute approximate surface area is 136 Å². The first kappa shape index (κ1) is 15.1. The lowest BCUT2D eigenvalue weighted by Crippen LogP contribution is -2.47. The third-order valence-electron chi connectivity index (χ3n) is 3.90. The molecule has 23 heavy (non-hydrogen) atoms. The molecule has 0 amide bonds. The van der Waals surface area contributed by atoms with E-state index >= 15 is 0 Å². The quantitative estimate of drug-likeness (QED) is 0.933. The highest BCUT2D eigenvalue weighted by molar-refractivity contribution is 5.53. The molecule has 2 heterocycles. The summed E-state index contributed by atoms with van der Waals surface area (Å²) >= 11 is 0. The fourth-order valence-electron chi connectivity index (χ4n) is 2.72. The molecule has 1 aliphatic rings. The first-order chi connectivity index (χ1) is 11.3. The van der Waals surface area contributed by atoms with Gasteiger partial charge in [0.1, 0.15) is 5.82 Å². The molecule has 0 spiro atoms. The standard InChI is InChI=1S/C17H20N6/c1-2-19-16-6-7-20-17(21-16)23-10-8-22(9-11-23)15-5-3-4-14(12-15)13-18/h3-7,12H,2,8-11H2,1H3,(H,19,20,21). The number of benzene rings is 1. The van der Waals surface area contributed by atoms with E-state index in [1.54, 1.807) is 6.20 Å². The van der Waals surface area contributed by atoms with E-state index in [1.807, 2.05) is 24.3 Å². The molecule has 1 saturated heterocycles. The van der Waals surface area contributed by atoms with Crippen molar-refractivity contribution in [1.82, 2.24) is 9.97 Å². The molecule has 6 heteroatoms. The Morgan fingerprint density at radius 1 is 1.17 bits per heavy atom. The second kappa shape index (κ2) is 6.97. The molecule has 1 aromatic carbocycles. The maximum absolute atomic E-state index is 9.02. The zero-order chi connectivity index (χ0) is 16.1. The summed E-state index contributed by atoms with van der Waals surface area (Å²) in [5, 5.41) is 12.2. The number of anilines is 3. The smallest absolute Gasteiger partial charge is 0.227 e. The molecule has 2 aromatic rings. The van der Waals surface area contributed by atoms with Crippen LogP contribution in [0.4, 0.5) is 17.5 Å². The summed E-state index contributed by atoms with van der Waals surface area (Å²) in [5.74, 6) is 1.63. The fourth-order valence-corrected chi connectivity index (χ4v) is 2.72. The highest BCUT2D eigenvalue weighted by atomic mass is 15.3. The molecule has 0 saturated carbocycles. The van der Waals surface area contributed by atoms with Gasteiger partial charge in [-0.1, -0.05) is 6.07 Å². The molecule has 0 unspecified atom stereocenters. The van der Waals surface area contributed by atoms with Gasteiger partial charge >= 0.3 is 0 Å². The van der Waals surface area contributed by atoms with Crippen LogP contribution in [0.1, 0.15) is 12.5 Å². The Morgan fingerprint density at radius 3 is 2.70 bits per heavy atom. The number of nitrogens with one attached hydrogen (secondary N) is 1.